The van der Waals surface area contributed by atoms with Gasteiger partial charge in [-0.1, -0.05) is 0 Å². The predicted molar refractivity (Wildman–Crippen MR) is 57.5 cm³/mol. The number of hydrogen-bond acceptors (Lipinski definition) is 4. The van der Waals surface area contributed by atoms with Crippen molar-refractivity contribution in [2.75, 3.05) is 12.3 Å². The molecule has 1 aromatic rings. The molecular weight excluding hydrogens is 200 g/mol. The van der Waals surface area contributed by atoms with Gasteiger partial charge in [-0.15, -0.1) is 5.10 Å². The third kappa shape index (κ3) is 2.55. The molecule has 0 fully saturated rings. The fourth-order valence-corrected chi connectivity index (χ4v) is 1.50. The van der Waals surface area contributed by atoms with Gasteiger partial charge in [0, 0.05) is 6.61 Å². The first-order valence-corrected chi connectivity index (χ1v) is 4.92. The largest absolute Gasteiger partial charge is 0.374 e. The van der Waals surface area contributed by atoms with Crippen LogP contribution in [0.2, 0.25) is 0 Å². The molecule has 1 rings (SSSR count). The lowest BCUT2D eigenvalue weighted by atomic mass is 10.1. The highest BCUT2D eigenvalue weighted by Gasteiger charge is 2.20. The lowest BCUT2D eigenvalue weighted by molar-refractivity contribution is -0.0223. The number of H-pyrrole nitrogens is 1. The second-order valence-electron chi connectivity index (χ2n) is 3.67. The molecule has 0 radical (unpaired) electrons. The Morgan fingerprint density at radius 2 is 2.29 bits per heavy atom. The highest BCUT2D eigenvalue weighted by molar-refractivity contribution is 7.71. The van der Waals surface area contributed by atoms with Crippen LogP contribution in [0.1, 0.15) is 20.8 Å². The van der Waals surface area contributed by atoms with E-state index in [1.807, 2.05) is 20.8 Å². The molecule has 0 spiro atoms. The van der Waals surface area contributed by atoms with E-state index < -0.39 is 0 Å². The fourth-order valence-electron chi connectivity index (χ4n) is 1.30. The van der Waals surface area contributed by atoms with Crippen molar-refractivity contribution in [3.63, 3.8) is 0 Å². The molecule has 0 atom stereocenters. The minimum atomic E-state index is -0.287. The maximum Gasteiger partial charge on any atom is 0.220 e. The molecule has 0 aromatic carbocycles. The molecule has 5 nitrogen and oxygen atoms in total. The number of aromatic nitrogens is 3. The van der Waals surface area contributed by atoms with Crippen molar-refractivity contribution in [3.8, 4) is 0 Å². The fraction of sp³-hybridized carbons (Fsp3) is 0.750. The SMILES string of the molecule is CCOC(C)(C)Cn1c(N)n[nH]c1=S. The van der Waals surface area contributed by atoms with E-state index in [0.29, 0.717) is 23.9 Å². The summed E-state index contributed by atoms with van der Waals surface area (Å²) in [7, 11) is 0. The number of nitrogen functional groups attached to an aromatic ring is 1. The van der Waals surface area contributed by atoms with Crippen molar-refractivity contribution in [2.45, 2.75) is 32.9 Å². The van der Waals surface area contributed by atoms with Crippen molar-refractivity contribution in [3.05, 3.63) is 4.77 Å². The summed E-state index contributed by atoms with van der Waals surface area (Å²) < 4.78 is 7.80. The highest BCUT2D eigenvalue weighted by atomic mass is 32.1. The Kier molecular flexibility index (Phi) is 3.28. The molecule has 14 heavy (non-hydrogen) atoms. The average molecular weight is 216 g/mol. The van der Waals surface area contributed by atoms with Crippen LogP contribution in [0.5, 0.6) is 0 Å². The molecule has 1 aromatic heterocycles. The Hall–Kier alpha value is -0.880. The zero-order valence-corrected chi connectivity index (χ0v) is 9.52. The summed E-state index contributed by atoms with van der Waals surface area (Å²) in [6.45, 7) is 7.20. The number of nitrogens with two attached hydrogens (primary N) is 1. The van der Waals surface area contributed by atoms with Gasteiger partial charge in [-0.3, -0.25) is 4.57 Å². The zero-order chi connectivity index (χ0) is 10.8. The molecule has 0 aliphatic rings. The molecule has 0 saturated carbocycles. The number of rotatable bonds is 4. The van der Waals surface area contributed by atoms with Crippen LogP contribution in [0.15, 0.2) is 0 Å². The van der Waals surface area contributed by atoms with Crippen LogP contribution >= 0.6 is 12.2 Å². The van der Waals surface area contributed by atoms with Gasteiger partial charge in [-0.25, -0.2) is 5.10 Å². The number of aromatic amines is 1. The van der Waals surface area contributed by atoms with Gasteiger partial charge in [0.1, 0.15) is 0 Å². The first kappa shape index (κ1) is 11.2. The molecular formula is C8H16N4OS. The van der Waals surface area contributed by atoms with Gasteiger partial charge in [0.05, 0.1) is 12.1 Å². The standard InChI is InChI=1S/C8H16N4OS/c1-4-13-8(2,3)5-12-6(9)10-11-7(12)14/h4-5H2,1-3H3,(H2,9,10)(H,11,14). The van der Waals surface area contributed by atoms with E-state index in [1.165, 1.54) is 0 Å². The van der Waals surface area contributed by atoms with Gasteiger partial charge in [0.25, 0.3) is 0 Å². The first-order valence-electron chi connectivity index (χ1n) is 4.51. The molecule has 0 aliphatic carbocycles. The quantitative estimate of drug-likeness (QED) is 0.745. The molecule has 0 bridgehead atoms. The van der Waals surface area contributed by atoms with Gasteiger partial charge in [-0.2, -0.15) is 0 Å². The minimum absolute atomic E-state index is 0.287. The van der Waals surface area contributed by atoms with Crippen molar-refractivity contribution in [1.29, 1.82) is 0 Å². The number of anilines is 1. The van der Waals surface area contributed by atoms with E-state index in [1.54, 1.807) is 4.57 Å². The summed E-state index contributed by atoms with van der Waals surface area (Å²) in [6, 6.07) is 0. The normalized spacial score (nSPS) is 11.9. The van der Waals surface area contributed by atoms with Crippen LogP contribution in [0.4, 0.5) is 5.95 Å². The van der Waals surface area contributed by atoms with E-state index in [2.05, 4.69) is 10.2 Å². The van der Waals surface area contributed by atoms with Crippen molar-refractivity contribution < 1.29 is 4.74 Å². The lowest BCUT2D eigenvalue weighted by Gasteiger charge is -2.24. The van der Waals surface area contributed by atoms with Gasteiger partial charge < -0.3 is 10.5 Å². The summed E-state index contributed by atoms with van der Waals surface area (Å²) in [4.78, 5) is 0. The van der Waals surface area contributed by atoms with Crippen molar-refractivity contribution in [2.24, 2.45) is 0 Å². The van der Waals surface area contributed by atoms with Crippen LogP contribution in [-0.4, -0.2) is 27.0 Å². The monoisotopic (exact) mass is 216 g/mol. The Morgan fingerprint density at radius 1 is 1.64 bits per heavy atom. The number of ether oxygens (including phenoxy) is 1. The van der Waals surface area contributed by atoms with Gasteiger partial charge in [0.2, 0.25) is 5.95 Å². The molecule has 3 N–H and O–H groups in total. The molecule has 80 valence electrons. The lowest BCUT2D eigenvalue weighted by Crippen LogP contribution is -2.31. The summed E-state index contributed by atoms with van der Waals surface area (Å²) in [5, 5.41) is 6.47. The third-order valence-electron chi connectivity index (χ3n) is 1.86. The Labute approximate surface area is 88.3 Å². The zero-order valence-electron chi connectivity index (χ0n) is 8.70. The van der Waals surface area contributed by atoms with E-state index >= 15 is 0 Å². The van der Waals surface area contributed by atoms with Crippen molar-refractivity contribution >= 4 is 18.2 Å². The summed E-state index contributed by atoms with van der Waals surface area (Å²) in [5.41, 5.74) is 5.36. The van der Waals surface area contributed by atoms with E-state index in [9.17, 15) is 0 Å². The molecule has 6 heteroatoms. The maximum atomic E-state index is 5.64. The predicted octanol–water partition coefficient (Wildman–Crippen LogP) is 1.34. The third-order valence-corrected chi connectivity index (χ3v) is 2.17. The van der Waals surface area contributed by atoms with Crippen LogP contribution in [0.25, 0.3) is 0 Å². The van der Waals surface area contributed by atoms with Crippen LogP contribution in [-0.2, 0) is 11.3 Å². The number of nitrogens with one attached hydrogen (secondary N) is 1. The summed E-state index contributed by atoms with van der Waals surface area (Å²) >= 11 is 5.03. The smallest absolute Gasteiger partial charge is 0.220 e. The molecule has 0 amide bonds. The summed E-state index contributed by atoms with van der Waals surface area (Å²) in [6.07, 6.45) is 0. The van der Waals surface area contributed by atoms with Crippen LogP contribution in [0.3, 0.4) is 0 Å². The molecule has 0 unspecified atom stereocenters. The maximum absolute atomic E-state index is 5.64. The van der Waals surface area contributed by atoms with E-state index in [-0.39, 0.29) is 5.60 Å². The van der Waals surface area contributed by atoms with Gasteiger partial charge in [-0.05, 0) is 33.0 Å². The number of nitrogens with zero attached hydrogens (tertiary/aromatic N) is 2. The topological polar surface area (TPSA) is 68.9 Å². The molecule has 0 aliphatic heterocycles. The van der Waals surface area contributed by atoms with Crippen LogP contribution < -0.4 is 5.73 Å². The number of hydrogen-bond donors (Lipinski definition) is 2. The van der Waals surface area contributed by atoms with E-state index in [0.717, 1.165) is 0 Å². The molecule has 0 saturated heterocycles. The van der Waals surface area contributed by atoms with E-state index in [4.69, 9.17) is 22.7 Å². The van der Waals surface area contributed by atoms with Crippen LogP contribution in [0, 0.1) is 4.77 Å². The van der Waals surface area contributed by atoms with Gasteiger partial charge >= 0.3 is 0 Å². The Bertz CT molecular complexity index is 354. The van der Waals surface area contributed by atoms with Crippen molar-refractivity contribution in [1.82, 2.24) is 14.8 Å². The van der Waals surface area contributed by atoms with Gasteiger partial charge in [0.15, 0.2) is 4.77 Å². The average Bonchev–Trinajstić information content (AvgIpc) is 2.35. The Morgan fingerprint density at radius 3 is 2.71 bits per heavy atom. The Balaban J connectivity index is 2.83. The minimum Gasteiger partial charge on any atom is -0.374 e. The summed E-state index contributed by atoms with van der Waals surface area (Å²) in [5.74, 6) is 0.391. The second kappa shape index (κ2) is 4.10. The molecule has 1 heterocycles. The second-order valence-corrected chi connectivity index (χ2v) is 4.05. The highest BCUT2D eigenvalue weighted by Crippen LogP contribution is 2.14. The first-order chi connectivity index (χ1) is 6.46.